The maximum absolute atomic E-state index is 9.20. The molecule has 0 fully saturated rings. The summed E-state index contributed by atoms with van der Waals surface area (Å²) in [7, 11) is -0.996. The number of hydrogen-bond acceptors (Lipinski definition) is 2. The molecule has 0 saturated heterocycles. The third-order valence-corrected chi connectivity index (χ3v) is 4.21. The summed E-state index contributed by atoms with van der Waals surface area (Å²) in [6, 6.07) is 7.07. The molecule has 2 nitrogen and oxygen atoms in total. The van der Waals surface area contributed by atoms with Crippen molar-refractivity contribution in [2.24, 2.45) is 0 Å². The van der Waals surface area contributed by atoms with Crippen molar-refractivity contribution in [3.63, 3.8) is 0 Å². The summed E-state index contributed by atoms with van der Waals surface area (Å²) in [5.74, 6) is 0.834. The van der Waals surface area contributed by atoms with Gasteiger partial charge in [0, 0.05) is 8.07 Å². The number of rotatable bonds is 5. The van der Waals surface area contributed by atoms with Crippen LogP contribution >= 0.6 is 0 Å². The molecule has 0 radical (unpaired) electrons. The molecule has 1 N–H and O–H groups in total. The van der Waals surface area contributed by atoms with Gasteiger partial charge in [0.05, 0.1) is 6.61 Å². The first-order valence-electron chi connectivity index (χ1n) is 5.75. The highest BCUT2D eigenvalue weighted by atomic mass is 28.3. The van der Waals surface area contributed by atoms with Gasteiger partial charge >= 0.3 is 7.48 Å². The minimum atomic E-state index is -1.04. The fourth-order valence-corrected chi connectivity index (χ4v) is 2.11. The molecule has 1 rings (SSSR count). The molecular formula is C12H21BO2Si. The maximum Gasteiger partial charge on any atom is 0.308 e. The van der Waals surface area contributed by atoms with E-state index >= 15 is 0 Å². The Hall–Kier alpha value is -0.738. The summed E-state index contributed by atoms with van der Waals surface area (Å²) in [6.45, 7) is 9.79. The zero-order chi connectivity index (χ0) is 12.2. The van der Waals surface area contributed by atoms with E-state index in [0.717, 1.165) is 23.9 Å². The van der Waals surface area contributed by atoms with Gasteiger partial charge in [0.25, 0.3) is 0 Å². The molecule has 0 saturated carbocycles. The molecule has 1 aromatic rings. The van der Waals surface area contributed by atoms with Crippen molar-refractivity contribution < 1.29 is 9.76 Å². The third kappa shape index (κ3) is 4.41. The molecule has 4 heteroatoms. The fraction of sp³-hybridized carbons (Fsp3) is 0.500. The van der Waals surface area contributed by atoms with Crippen LogP contribution in [-0.2, 0) is 0 Å². The minimum Gasteiger partial charge on any atom is -0.494 e. The maximum atomic E-state index is 9.20. The summed E-state index contributed by atoms with van der Waals surface area (Å²) in [4.78, 5) is 0. The molecule has 88 valence electrons. The predicted octanol–water partition coefficient (Wildman–Crippen LogP) is 1.68. The first-order chi connectivity index (χ1) is 7.42. The highest BCUT2D eigenvalue weighted by molar-refractivity contribution is 6.76. The minimum absolute atomic E-state index is 0.0442. The Morgan fingerprint density at radius 3 is 2.56 bits per heavy atom. The summed E-state index contributed by atoms with van der Waals surface area (Å²) < 4.78 is 5.76. The number of ether oxygens (including phenoxy) is 1. The molecule has 0 unspecified atom stereocenters. The molecule has 0 aliphatic heterocycles. The van der Waals surface area contributed by atoms with Gasteiger partial charge in [0.15, 0.2) is 0 Å². The predicted molar refractivity (Wildman–Crippen MR) is 73.8 cm³/mol. The second kappa shape index (κ2) is 5.55. The van der Waals surface area contributed by atoms with Crippen molar-refractivity contribution >= 4 is 21.0 Å². The SMILES string of the molecule is Cc1ccc(BO)c(OCC[Si](C)(C)C)c1. The number of benzene rings is 1. The van der Waals surface area contributed by atoms with Gasteiger partial charge < -0.3 is 9.76 Å². The molecule has 1 aromatic carbocycles. The van der Waals surface area contributed by atoms with Crippen LogP contribution in [0.1, 0.15) is 5.56 Å². The Morgan fingerprint density at radius 1 is 1.31 bits per heavy atom. The van der Waals surface area contributed by atoms with E-state index in [2.05, 4.69) is 19.6 Å². The summed E-state index contributed by atoms with van der Waals surface area (Å²) in [5.41, 5.74) is 2.04. The van der Waals surface area contributed by atoms with E-state index in [-0.39, 0.29) is 7.48 Å². The molecule has 0 amide bonds. The van der Waals surface area contributed by atoms with Crippen molar-refractivity contribution in [1.29, 1.82) is 0 Å². The van der Waals surface area contributed by atoms with Crippen LogP contribution in [0.4, 0.5) is 0 Å². The van der Waals surface area contributed by atoms with Gasteiger partial charge in [-0.15, -0.1) is 0 Å². The fourth-order valence-electron chi connectivity index (χ4n) is 1.39. The monoisotopic (exact) mass is 236 g/mol. The zero-order valence-electron chi connectivity index (χ0n) is 10.7. The lowest BCUT2D eigenvalue weighted by Crippen LogP contribution is -2.24. The van der Waals surface area contributed by atoms with Crippen LogP contribution in [0.3, 0.4) is 0 Å². The van der Waals surface area contributed by atoms with Crippen molar-refractivity contribution in [1.82, 2.24) is 0 Å². The van der Waals surface area contributed by atoms with E-state index in [1.54, 1.807) is 0 Å². The summed E-state index contributed by atoms with van der Waals surface area (Å²) in [6.07, 6.45) is 0. The second-order valence-corrected chi connectivity index (χ2v) is 11.0. The smallest absolute Gasteiger partial charge is 0.308 e. The van der Waals surface area contributed by atoms with E-state index in [9.17, 15) is 5.02 Å². The van der Waals surface area contributed by atoms with E-state index in [1.807, 2.05) is 25.1 Å². The molecule has 16 heavy (non-hydrogen) atoms. The summed E-state index contributed by atoms with van der Waals surface area (Å²) >= 11 is 0. The molecule has 0 atom stereocenters. The van der Waals surface area contributed by atoms with Crippen molar-refractivity contribution in [3.8, 4) is 5.75 Å². The number of aryl methyl sites for hydroxylation is 1. The molecule has 0 aliphatic carbocycles. The van der Waals surface area contributed by atoms with Crippen LogP contribution in [0.25, 0.3) is 0 Å². The van der Waals surface area contributed by atoms with Gasteiger partial charge in [-0.3, -0.25) is 0 Å². The number of hydrogen-bond donors (Lipinski definition) is 1. The van der Waals surface area contributed by atoms with E-state index in [0.29, 0.717) is 0 Å². The van der Waals surface area contributed by atoms with Crippen LogP contribution in [0.15, 0.2) is 18.2 Å². The van der Waals surface area contributed by atoms with Gasteiger partial charge in [-0.1, -0.05) is 31.8 Å². The van der Waals surface area contributed by atoms with Gasteiger partial charge in [-0.2, -0.15) is 0 Å². The molecule has 0 aliphatic rings. The normalized spacial score (nSPS) is 11.3. The van der Waals surface area contributed by atoms with E-state index in [4.69, 9.17) is 4.74 Å². The van der Waals surface area contributed by atoms with Gasteiger partial charge in [-0.05, 0) is 30.1 Å². The lowest BCUT2D eigenvalue weighted by Gasteiger charge is -2.17. The molecule has 0 bridgehead atoms. The molecule has 0 heterocycles. The average molecular weight is 236 g/mol. The van der Waals surface area contributed by atoms with E-state index < -0.39 is 8.07 Å². The first-order valence-corrected chi connectivity index (χ1v) is 9.46. The molecule has 0 aromatic heterocycles. The Morgan fingerprint density at radius 2 is 2.00 bits per heavy atom. The van der Waals surface area contributed by atoms with Crippen LogP contribution in [0, 0.1) is 6.92 Å². The Labute approximate surface area is 99.9 Å². The van der Waals surface area contributed by atoms with Crippen LogP contribution < -0.4 is 10.2 Å². The van der Waals surface area contributed by atoms with Crippen molar-refractivity contribution in [2.45, 2.75) is 32.6 Å². The van der Waals surface area contributed by atoms with Crippen LogP contribution in [0.5, 0.6) is 5.75 Å². The highest BCUT2D eigenvalue weighted by Gasteiger charge is 2.13. The summed E-state index contributed by atoms with van der Waals surface area (Å²) in [5, 5.41) is 9.20. The van der Waals surface area contributed by atoms with Crippen molar-refractivity contribution in [3.05, 3.63) is 23.8 Å². The van der Waals surface area contributed by atoms with E-state index in [1.165, 1.54) is 5.56 Å². The lowest BCUT2D eigenvalue weighted by atomic mass is 9.87. The quantitative estimate of drug-likeness (QED) is 0.788. The standard InChI is InChI=1S/C12H21BO2Si/c1-10-5-6-11(13-14)12(9-10)15-7-8-16(2,3)4/h5-6,9,13-14H,7-8H2,1-4H3. The molecular weight excluding hydrogens is 215 g/mol. The van der Waals surface area contributed by atoms with Gasteiger partial charge in [-0.25, -0.2) is 0 Å². The molecule has 0 spiro atoms. The Kier molecular flexibility index (Phi) is 4.62. The van der Waals surface area contributed by atoms with Gasteiger partial charge in [0.1, 0.15) is 5.75 Å². The Balaban J connectivity index is 2.62. The zero-order valence-corrected chi connectivity index (χ0v) is 11.7. The highest BCUT2D eigenvalue weighted by Crippen LogP contribution is 2.13. The average Bonchev–Trinajstić information content (AvgIpc) is 2.16. The first kappa shape index (κ1) is 13.3. The van der Waals surface area contributed by atoms with Gasteiger partial charge in [0.2, 0.25) is 0 Å². The second-order valence-electron chi connectivity index (χ2n) is 5.43. The largest absolute Gasteiger partial charge is 0.494 e. The lowest BCUT2D eigenvalue weighted by molar-refractivity contribution is 0.340. The third-order valence-electron chi connectivity index (χ3n) is 2.50. The van der Waals surface area contributed by atoms with Crippen LogP contribution in [0.2, 0.25) is 25.7 Å². The van der Waals surface area contributed by atoms with Crippen molar-refractivity contribution in [2.75, 3.05) is 6.61 Å². The topological polar surface area (TPSA) is 29.5 Å². The van der Waals surface area contributed by atoms with Crippen LogP contribution in [-0.4, -0.2) is 27.2 Å². The Bertz CT molecular complexity index is 347.